The Morgan fingerprint density at radius 1 is 1.23 bits per heavy atom. The molecule has 0 radical (unpaired) electrons. The molecule has 114 valence electrons. The molecule has 0 aliphatic heterocycles. The van der Waals surface area contributed by atoms with Crippen molar-refractivity contribution in [1.29, 1.82) is 0 Å². The topological polar surface area (TPSA) is 91.2 Å². The zero-order valence-corrected chi connectivity index (χ0v) is 12.3. The summed E-state index contributed by atoms with van der Waals surface area (Å²) in [5, 5.41) is 23.2. The number of phenolic OH excluding ortho intramolecular Hbond substituents is 2. The molecule has 0 saturated carbocycles. The minimum absolute atomic E-state index is 0.00698. The van der Waals surface area contributed by atoms with Gasteiger partial charge in [0.05, 0.1) is 18.9 Å². The molecule has 2 aromatic carbocycles. The van der Waals surface area contributed by atoms with Gasteiger partial charge in [0.2, 0.25) is 0 Å². The summed E-state index contributed by atoms with van der Waals surface area (Å²) in [6.07, 6.45) is 1.38. The van der Waals surface area contributed by atoms with Crippen LogP contribution in [0.5, 0.6) is 17.2 Å². The summed E-state index contributed by atoms with van der Waals surface area (Å²) in [5.74, 6) is -0.485. The molecule has 0 fully saturated rings. The first-order valence-electron chi connectivity index (χ1n) is 6.20. The summed E-state index contributed by atoms with van der Waals surface area (Å²) >= 11 is 5.77. The monoisotopic (exact) mass is 320 g/mol. The predicted molar refractivity (Wildman–Crippen MR) is 82.8 cm³/mol. The van der Waals surface area contributed by atoms with E-state index in [0.29, 0.717) is 16.3 Å². The van der Waals surface area contributed by atoms with E-state index in [9.17, 15) is 15.0 Å². The molecule has 0 saturated heterocycles. The third-order valence-electron chi connectivity index (χ3n) is 2.79. The molecule has 22 heavy (non-hydrogen) atoms. The summed E-state index contributed by atoms with van der Waals surface area (Å²) in [6, 6.07) is 8.74. The lowest BCUT2D eigenvalue weighted by molar-refractivity contribution is 0.0952. The SMILES string of the molecule is COc1cc(C=NNC(=O)c2cc(Cl)ccc2O)ccc1O. The molecule has 6 nitrogen and oxygen atoms in total. The van der Waals surface area contributed by atoms with Gasteiger partial charge in [-0.2, -0.15) is 5.10 Å². The number of aromatic hydroxyl groups is 2. The van der Waals surface area contributed by atoms with E-state index in [2.05, 4.69) is 10.5 Å². The maximum atomic E-state index is 11.9. The number of hydrazone groups is 1. The summed E-state index contributed by atoms with van der Waals surface area (Å²) in [7, 11) is 1.43. The van der Waals surface area contributed by atoms with Crippen LogP contribution in [0.1, 0.15) is 15.9 Å². The number of carbonyl (C=O) groups is 1. The normalized spacial score (nSPS) is 10.6. The van der Waals surface area contributed by atoms with Gasteiger partial charge in [0.1, 0.15) is 5.75 Å². The lowest BCUT2D eigenvalue weighted by atomic mass is 10.2. The first-order chi connectivity index (χ1) is 10.5. The maximum absolute atomic E-state index is 11.9. The Labute approximate surface area is 131 Å². The van der Waals surface area contributed by atoms with Crippen molar-refractivity contribution in [2.45, 2.75) is 0 Å². The third-order valence-corrected chi connectivity index (χ3v) is 3.02. The fourth-order valence-electron chi connectivity index (χ4n) is 1.69. The number of carbonyl (C=O) groups excluding carboxylic acids is 1. The Kier molecular flexibility index (Phi) is 4.85. The number of hydrogen-bond acceptors (Lipinski definition) is 5. The van der Waals surface area contributed by atoms with E-state index in [0.717, 1.165) is 0 Å². The molecule has 0 aromatic heterocycles. The van der Waals surface area contributed by atoms with Gasteiger partial charge in [-0.05, 0) is 42.0 Å². The summed E-state index contributed by atoms with van der Waals surface area (Å²) in [4.78, 5) is 11.9. The fraction of sp³-hybridized carbons (Fsp3) is 0.0667. The van der Waals surface area contributed by atoms with Gasteiger partial charge in [-0.3, -0.25) is 4.79 Å². The van der Waals surface area contributed by atoms with Gasteiger partial charge in [-0.15, -0.1) is 0 Å². The predicted octanol–water partition coefficient (Wildman–Crippen LogP) is 2.52. The van der Waals surface area contributed by atoms with E-state index in [1.165, 1.54) is 37.6 Å². The lowest BCUT2D eigenvalue weighted by Gasteiger charge is -2.04. The van der Waals surface area contributed by atoms with E-state index in [-0.39, 0.29) is 17.1 Å². The average Bonchev–Trinajstić information content (AvgIpc) is 2.51. The van der Waals surface area contributed by atoms with E-state index < -0.39 is 5.91 Å². The highest BCUT2D eigenvalue weighted by molar-refractivity contribution is 6.31. The van der Waals surface area contributed by atoms with Crippen molar-refractivity contribution in [3.8, 4) is 17.2 Å². The van der Waals surface area contributed by atoms with Crippen molar-refractivity contribution in [2.24, 2.45) is 5.10 Å². The standard InChI is InChI=1S/C15H13ClN2O4/c1-22-14-6-9(2-4-13(14)20)8-17-18-15(21)11-7-10(16)3-5-12(11)19/h2-8,19-20H,1H3,(H,18,21). The molecule has 2 rings (SSSR count). The summed E-state index contributed by atoms with van der Waals surface area (Å²) in [5.41, 5.74) is 2.91. The van der Waals surface area contributed by atoms with Crippen LogP contribution in [0.3, 0.4) is 0 Å². The van der Waals surface area contributed by atoms with Crippen molar-refractivity contribution in [3.05, 3.63) is 52.5 Å². The molecular weight excluding hydrogens is 308 g/mol. The molecule has 7 heteroatoms. The average molecular weight is 321 g/mol. The quantitative estimate of drug-likeness (QED) is 0.596. The molecule has 0 atom stereocenters. The first-order valence-corrected chi connectivity index (χ1v) is 6.58. The molecule has 0 spiro atoms. The number of methoxy groups -OCH3 is 1. The van der Waals surface area contributed by atoms with Crippen LogP contribution in [0, 0.1) is 0 Å². The van der Waals surface area contributed by atoms with E-state index in [1.54, 1.807) is 12.1 Å². The Hall–Kier alpha value is -2.73. The van der Waals surface area contributed by atoms with Crippen LogP contribution in [-0.2, 0) is 0 Å². The van der Waals surface area contributed by atoms with Crippen LogP contribution in [-0.4, -0.2) is 29.4 Å². The van der Waals surface area contributed by atoms with Gasteiger partial charge in [0.15, 0.2) is 11.5 Å². The molecule has 1 amide bonds. The smallest absolute Gasteiger partial charge is 0.275 e. The molecule has 2 aromatic rings. The van der Waals surface area contributed by atoms with E-state index in [4.69, 9.17) is 16.3 Å². The number of nitrogens with one attached hydrogen (secondary N) is 1. The second kappa shape index (κ2) is 6.82. The highest BCUT2D eigenvalue weighted by Gasteiger charge is 2.10. The second-order valence-electron chi connectivity index (χ2n) is 4.29. The van der Waals surface area contributed by atoms with Crippen molar-refractivity contribution < 1.29 is 19.7 Å². The minimum Gasteiger partial charge on any atom is -0.507 e. The number of amides is 1. The molecule has 0 aliphatic carbocycles. The van der Waals surface area contributed by atoms with Crippen molar-refractivity contribution in [3.63, 3.8) is 0 Å². The number of hydrogen-bond donors (Lipinski definition) is 3. The Balaban J connectivity index is 2.09. The maximum Gasteiger partial charge on any atom is 0.275 e. The van der Waals surface area contributed by atoms with Gasteiger partial charge < -0.3 is 14.9 Å². The van der Waals surface area contributed by atoms with Crippen LogP contribution in [0.4, 0.5) is 0 Å². The van der Waals surface area contributed by atoms with Crippen LogP contribution in [0.25, 0.3) is 0 Å². The van der Waals surface area contributed by atoms with Crippen LogP contribution in [0.15, 0.2) is 41.5 Å². The third kappa shape index (κ3) is 3.67. The van der Waals surface area contributed by atoms with Crippen LogP contribution < -0.4 is 10.2 Å². The lowest BCUT2D eigenvalue weighted by Crippen LogP contribution is -2.17. The Bertz CT molecular complexity index is 731. The molecule has 0 unspecified atom stereocenters. The Morgan fingerprint density at radius 2 is 1.95 bits per heavy atom. The van der Waals surface area contributed by atoms with Crippen LogP contribution >= 0.6 is 11.6 Å². The van der Waals surface area contributed by atoms with Crippen molar-refractivity contribution >= 4 is 23.7 Å². The van der Waals surface area contributed by atoms with E-state index in [1.807, 2.05) is 0 Å². The van der Waals surface area contributed by atoms with Gasteiger partial charge in [0, 0.05) is 5.02 Å². The Morgan fingerprint density at radius 3 is 2.68 bits per heavy atom. The van der Waals surface area contributed by atoms with Crippen LogP contribution in [0.2, 0.25) is 5.02 Å². The van der Waals surface area contributed by atoms with Gasteiger partial charge in [-0.25, -0.2) is 5.43 Å². The van der Waals surface area contributed by atoms with E-state index >= 15 is 0 Å². The van der Waals surface area contributed by atoms with Gasteiger partial charge in [0.25, 0.3) is 5.91 Å². The summed E-state index contributed by atoms with van der Waals surface area (Å²) in [6.45, 7) is 0. The number of ether oxygens (including phenoxy) is 1. The van der Waals surface area contributed by atoms with Crippen molar-refractivity contribution in [1.82, 2.24) is 5.43 Å². The van der Waals surface area contributed by atoms with Crippen molar-refractivity contribution in [2.75, 3.05) is 7.11 Å². The molecular formula is C15H13ClN2O4. The second-order valence-corrected chi connectivity index (χ2v) is 4.73. The number of rotatable bonds is 4. The zero-order valence-electron chi connectivity index (χ0n) is 11.6. The van der Waals surface area contributed by atoms with Gasteiger partial charge in [-0.1, -0.05) is 11.6 Å². The number of halogens is 1. The highest BCUT2D eigenvalue weighted by atomic mass is 35.5. The minimum atomic E-state index is -0.595. The first kappa shape index (κ1) is 15.7. The largest absolute Gasteiger partial charge is 0.507 e. The molecule has 0 aliphatic rings. The number of nitrogens with zero attached hydrogens (tertiary/aromatic N) is 1. The fourth-order valence-corrected chi connectivity index (χ4v) is 1.86. The zero-order chi connectivity index (χ0) is 16.1. The highest BCUT2D eigenvalue weighted by Crippen LogP contribution is 2.25. The number of phenols is 2. The van der Waals surface area contributed by atoms with Gasteiger partial charge >= 0.3 is 0 Å². The number of benzene rings is 2. The molecule has 0 bridgehead atoms. The molecule has 0 heterocycles. The summed E-state index contributed by atoms with van der Waals surface area (Å²) < 4.78 is 4.96. The molecule has 3 N–H and O–H groups in total.